The standard InChI is InChI=1S/C27H22FN5O2/c1-27(2,3)17-11-16-13-31-33(26(35)24(16)20(28)12-17)23-9-5-8-22(19(23)15-34)32-14-21(29-4)18-7-6-10-30-25(18)32/h5-14,34H,15H2,1-3H3. The number of hydrogen-bond acceptors (Lipinski definition) is 4. The molecule has 0 aliphatic carbocycles. The number of aromatic nitrogens is 4. The van der Waals surface area contributed by atoms with Crippen molar-refractivity contribution in [1.82, 2.24) is 19.3 Å². The molecule has 0 atom stereocenters. The van der Waals surface area contributed by atoms with E-state index in [0.717, 1.165) is 10.2 Å². The van der Waals surface area contributed by atoms with E-state index in [9.17, 15) is 9.90 Å². The van der Waals surface area contributed by atoms with Gasteiger partial charge >= 0.3 is 0 Å². The summed E-state index contributed by atoms with van der Waals surface area (Å²) in [7, 11) is 0. The van der Waals surface area contributed by atoms with Gasteiger partial charge in [-0.1, -0.05) is 32.9 Å². The Hall–Kier alpha value is -4.35. The average molecular weight is 468 g/mol. The first-order valence-corrected chi connectivity index (χ1v) is 11.0. The molecule has 7 nitrogen and oxygen atoms in total. The van der Waals surface area contributed by atoms with E-state index in [-0.39, 0.29) is 10.8 Å². The normalized spacial score (nSPS) is 11.8. The fraction of sp³-hybridized carbons (Fsp3) is 0.185. The van der Waals surface area contributed by atoms with Gasteiger partial charge in [0.2, 0.25) is 5.69 Å². The van der Waals surface area contributed by atoms with Crippen LogP contribution in [0.15, 0.2) is 65.8 Å². The largest absolute Gasteiger partial charge is 0.392 e. The third-order valence-electron chi connectivity index (χ3n) is 6.14. The van der Waals surface area contributed by atoms with Crippen LogP contribution in [0.25, 0.3) is 38.0 Å². The van der Waals surface area contributed by atoms with Crippen LogP contribution in [0.1, 0.15) is 31.9 Å². The monoisotopic (exact) mass is 467 g/mol. The van der Waals surface area contributed by atoms with Crippen LogP contribution in [0.4, 0.5) is 10.1 Å². The summed E-state index contributed by atoms with van der Waals surface area (Å²) >= 11 is 0. The van der Waals surface area contributed by atoms with E-state index >= 15 is 4.39 Å². The van der Waals surface area contributed by atoms with Crippen molar-refractivity contribution in [1.29, 1.82) is 0 Å². The van der Waals surface area contributed by atoms with Crippen LogP contribution in [-0.2, 0) is 12.0 Å². The molecule has 174 valence electrons. The van der Waals surface area contributed by atoms with Gasteiger partial charge in [0, 0.05) is 28.7 Å². The highest BCUT2D eigenvalue weighted by Crippen LogP contribution is 2.32. The Morgan fingerprint density at radius 1 is 1.14 bits per heavy atom. The van der Waals surface area contributed by atoms with E-state index in [1.54, 1.807) is 53.4 Å². The summed E-state index contributed by atoms with van der Waals surface area (Å²) in [6.45, 7) is 13.0. The Bertz CT molecular complexity index is 1720. The zero-order valence-electron chi connectivity index (χ0n) is 19.5. The van der Waals surface area contributed by atoms with Crippen molar-refractivity contribution in [3.05, 3.63) is 99.8 Å². The van der Waals surface area contributed by atoms with Crippen LogP contribution in [0.5, 0.6) is 0 Å². The van der Waals surface area contributed by atoms with Gasteiger partial charge in [-0.2, -0.15) is 9.78 Å². The van der Waals surface area contributed by atoms with E-state index in [4.69, 9.17) is 6.57 Å². The third kappa shape index (κ3) is 3.57. The van der Waals surface area contributed by atoms with Gasteiger partial charge in [-0.25, -0.2) is 14.2 Å². The number of fused-ring (bicyclic) bond motifs is 2. The molecule has 0 bridgehead atoms. The summed E-state index contributed by atoms with van der Waals surface area (Å²) in [5, 5.41) is 15.7. The smallest absolute Gasteiger partial charge is 0.282 e. The predicted octanol–water partition coefficient (Wildman–Crippen LogP) is 5.20. The zero-order valence-corrected chi connectivity index (χ0v) is 19.5. The van der Waals surface area contributed by atoms with E-state index in [1.165, 1.54) is 12.3 Å². The van der Waals surface area contributed by atoms with E-state index in [0.29, 0.717) is 39.0 Å². The van der Waals surface area contributed by atoms with Crippen LogP contribution < -0.4 is 5.56 Å². The Labute approximate surface area is 200 Å². The summed E-state index contributed by atoms with van der Waals surface area (Å²) in [6.07, 6.45) is 4.73. The summed E-state index contributed by atoms with van der Waals surface area (Å²) in [4.78, 5) is 21.4. The van der Waals surface area contributed by atoms with Crippen molar-refractivity contribution >= 4 is 27.5 Å². The first kappa shape index (κ1) is 22.4. The Kier molecular flexibility index (Phi) is 5.23. The average Bonchev–Trinajstić information content (AvgIpc) is 3.21. The lowest BCUT2D eigenvalue weighted by Crippen LogP contribution is -2.24. The van der Waals surface area contributed by atoms with Crippen molar-refractivity contribution in [3.8, 4) is 11.4 Å². The second kappa shape index (κ2) is 8.15. The molecule has 0 saturated carbocycles. The molecule has 0 fully saturated rings. The number of nitrogens with zero attached hydrogens (tertiary/aromatic N) is 5. The second-order valence-corrected chi connectivity index (χ2v) is 9.34. The van der Waals surface area contributed by atoms with Gasteiger partial charge in [-0.15, -0.1) is 0 Å². The van der Waals surface area contributed by atoms with Crippen molar-refractivity contribution < 1.29 is 9.50 Å². The highest BCUT2D eigenvalue weighted by molar-refractivity contribution is 5.92. The molecule has 35 heavy (non-hydrogen) atoms. The maximum Gasteiger partial charge on any atom is 0.282 e. The molecule has 8 heteroatoms. The first-order valence-electron chi connectivity index (χ1n) is 11.0. The summed E-state index contributed by atoms with van der Waals surface area (Å²) < 4.78 is 18.0. The number of hydrogen-bond donors (Lipinski definition) is 1. The second-order valence-electron chi connectivity index (χ2n) is 9.34. The number of rotatable bonds is 3. The molecule has 3 heterocycles. The minimum atomic E-state index is -0.621. The molecule has 0 aliphatic heterocycles. The maximum absolute atomic E-state index is 15.1. The quantitative estimate of drug-likeness (QED) is 0.370. The Morgan fingerprint density at radius 3 is 2.63 bits per heavy atom. The van der Waals surface area contributed by atoms with E-state index in [2.05, 4.69) is 14.9 Å². The number of pyridine rings is 1. The lowest BCUT2D eigenvalue weighted by molar-refractivity contribution is 0.281. The van der Waals surface area contributed by atoms with Crippen LogP contribution in [0.3, 0.4) is 0 Å². The SMILES string of the molecule is [C-]#[N+]c1cn(-c2cccc(-n3ncc4cc(C(C)(C)C)cc(F)c4c3=O)c2CO)c2ncccc12. The van der Waals surface area contributed by atoms with Gasteiger partial charge < -0.3 is 9.67 Å². The Balaban J connectivity index is 1.76. The van der Waals surface area contributed by atoms with Crippen LogP contribution in [0.2, 0.25) is 0 Å². The molecule has 0 saturated heterocycles. The summed E-state index contributed by atoms with van der Waals surface area (Å²) in [5.74, 6) is -0.613. The van der Waals surface area contributed by atoms with Crippen molar-refractivity contribution in [2.75, 3.05) is 0 Å². The molecule has 0 spiro atoms. The van der Waals surface area contributed by atoms with Gasteiger partial charge in [0.25, 0.3) is 5.56 Å². The van der Waals surface area contributed by atoms with Gasteiger partial charge in [0.15, 0.2) is 0 Å². The number of aliphatic hydroxyl groups is 1. The predicted molar refractivity (Wildman–Crippen MR) is 133 cm³/mol. The van der Waals surface area contributed by atoms with Crippen molar-refractivity contribution in [3.63, 3.8) is 0 Å². The number of halogens is 1. The van der Waals surface area contributed by atoms with Gasteiger partial charge in [0.1, 0.15) is 11.5 Å². The topological polar surface area (TPSA) is 77.3 Å². The molecule has 0 aliphatic rings. The van der Waals surface area contributed by atoms with E-state index in [1.807, 2.05) is 20.8 Å². The van der Waals surface area contributed by atoms with Crippen LogP contribution >= 0.6 is 0 Å². The van der Waals surface area contributed by atoms with Crippen molar-refractivity contribution in [2.24, 2.45) is 0 Å². The zero-order chi connectivity index (χ0) is 24.9. The van der Waals surface area contributed by atoms with Gasteiger partial charge in [-0.3, -0.25) is 4.79 Å². The summed E-state index contributed by atoms with van der Waals surface area (Å²) in [6, 6.07) is 11.9. The fourth-order valence-corrected chi connectivity index (χ4v) is 4.30. The minimum absolute atomic E-state index is 0.0642. The van der Waals surface area contributed by atoms with Crippen LogP contribution in [-0.4, -0.2) is 24.4 Å². The molecule has 3 aromatic heterocycles. The molecule has 1 N–H and O–H groups in total. The van der Waals surface area contributed by atoms with Gasteiger partial charge in [-0.05, 0) is 41.3 Å². The van der Waals surface area contributed by atoms with Crippen molar-refractivity contribution in [2.45, 2.75) is 32.8 Å². The fourth-order valence-electron chi connectivity index (χ4n) is 4.30. The third-order valence-corrected chi connectivity index (χ3v) is 6.14. The van der Waals surface area contributed by atoms with Gasteiger partial charge in [0.05, 0.1) is 36.1 Å². The molecule has 2 aromatic carbocycles. The van der Waals surface area contributed by atoms with E-state index < -0.39 is 18.0 Å². The molecular formula is C27H22FN5O2. The molecule has 5 rings (SSSR count). The number of benzene rings is 2. The number of aliphatic hydroxyl groups excluding tert-OH is 1. The van der Waals surface area contributed by atoms with Crippen LogP contribution in [0, 0.1) is 12.4 Å². The molecule has 0 unspecified atom stereocenters. The molecule has 0 amide bonds. The lowest BCUT2D eigenvalue weighted by atomic mass is 9.86. The molecule has 5 aromatic rings. The first-order chi connectivity index (χ1) is 16.7. The Morgan fingerprint density at radius 2 is 1.91 bits per heavy atom. The molecular weight excluding hydrogens is 445 g/mol. The highest BCUT2D eigenvalue weighted by Gasteiger charge is 2.21. The minimum Gasteiger partial charge on any atom is -0.392 e. The highest BCUT2D eigenvalue weighted by atomic mass is 19.1. The molecule has 0 radical (unpaired) electrons. The maximum atomic E-state index is 15.1. The lowest BCUT2D eigenvalue weighted by Gasteiger charge is -2.20. The summed E-state index contributed by atoms with van der Waals surface area (Å²) in [5.41, 5.74) is 2.07.